The van der Waals surface area contributed by atoms with Crippen molar-refractivity contribution in [2.75, 3.05) is 42.1 Å². The van der Waals surface area contributed by atoms with Crippen LogP contribution in [-0.4, -0.2) is 63.8 Å². The lowest BCUT2D eigenvalue weighted by Crippen LogP contribution is -2.48. The first-order chi connectivity index (χ1) is 19.4. The molecular weight excluding hydrogens is 532 g/mol. The van der Waals surface area contributed by atoms with Crippen LogP contribution in [-0.2, 0) is 4.79 Å². The normalized spacial score (nSPS) is 13.2. The number of nitro groups is 1. The highest BCUT2D eigenvalue weighted by Gasteiger charge is 2.22. The second-order valence-electron chi connectivity index (χ2n) is 9.21. The molecule has 0 spiro atoms. The number of hydrogen-bond acceptors (Lipinski definition) is 9. The number of nitrogens with one attached hydrogen (secondary N) is 1. The van der Waals surface area contributed by atoms with Crippen LogP contribution in [0, 0.1) is 17.0 Å². The lowest BCUT2D eigenvalue weighted by atomic mass is 10.1. The third-order valence-electron chi connectivity index (χ3n) is 6.44. The van der Waals surface area contributed by atoms with Crippen molar-refractivity contribution >= 4 is 40.6 Å². The van der Waals surface area contributed by atoms with E-state index < -0.39 is 4.92 Å². The molecule has 0 radical (unpaired) electrons. The summed E-state index contributed by atoms with van der Waals surface area (Å²) in [6, 6.07) is 21.0. The van der Waals surface area contributed by atoms with Crippen LogP contribution in [0.4, 0.5) is 17.1 Å². The monoisotopic (exact) mass is 558 g/mol. The van der Waals surface area contributed by atoms with Gasteiger partial charge in [-0.25, -0.2) is 0 Å². The van der Waals surface area contributed by atoms with E-state index in [1.165, 1.54) is 24.3 Å². The van der Waals surface area contributed by atoms with Crippen molar-refractivity contribution in [3.63, 3.8) is 0 Å². The molecule has 1 aromatic heterocycles. The van der Waals surface area contributed by atoms with Gasteiger partial charge in [-0.15, -0.1) is 10.2 Å². The molecule has 0 atom stereocenters. The maximum Gasteiger partial charge on any atom is 0.277 e. The summed E-state index contributed by atoms with van der Waals surface area (Å²) in [5.41, 5.74) is 4.05. The molecule has 1 fully saturated rings. The number of carbonyl (C=O) groups is 2. The molecular formula is C28H26N6O5S. The number of thioether (sulfide) groups is 1. The Labute approximate surface area is 234 Å². The first-order valence-electron chi connectivity index (χ1n) is 12.6. The molecule has 0 saturated carbocycles. The van der Waals surface area contributed by atoms with Gasteiger partial charge in [-0.05, 0) is 55.5 Å². The molecule has 1 N–H and O–H groups in total. The SMILES string of the molecule is Cc1ccc(C(=O)N2CCN(c3ccc(NC(=O)CSc4nnc(-c5ccc([N+](=O)[O-])cc5)o4)cc3)CC2)cc1. The van der Waals surface area contributed by atoms with Crippen LogP contribution in [0.3, 0.4) is 0 Å². The lowest BCUT2D eigenvalue weighted by molar-refractivity contribution is -0.384. The summed E-state index contributed by atoms with van der Waals surface area (Å²) in [4.78, 5) is 39.6. The molecule has 1 saturated heterocycles. The predicted molar refractivity (Wildman–Crippen MR) is 151 cm³/mol. The first-order valence-corrected chi connectivity index (χ1v) is 13.6. The zero-order valence-electron chi connectivity index (χ0n) is 21.6. The van der Waals surface area contributed by atoms with Gasteiger partial charge in [0.05, 0.1) is 10.7 Å². The number of hydrogen-bond donors (Lipinski definition) is 1. The van der Waals surface area contributed by atoms with Crippen LogP contribution in [0.1, 0.15) is 15.9 Å². The van der Waals surface area contributed by atoms with Crippen molar-refractivity contribution in [2.45, 2.75) is 12.1 Å². The second kappa shape index (κ2) is 12.0. The van der Waals surface area contributed by atoms with Crippen molar-refractivity contribution < 1.29 is 18.9 Å². The van der Waals surface area contributed by atoms with Gasteiger partial charge in [-0.1, -0.05) is 29.5 Å². The highest BCUT2D eigenvalue weighted by atomic mass is 32.2. The number of rotatable bonds is 8. The Hall–Kier alpha value is -4.71. The van der Waals surface area contributed by atoms with Crippen molar-refractivity contribution in [3.8, 4) is 11.5 Å². The van der Waals surface area contributed by atoms with Gasteiger partial charge in [0.1, 0.15) is 0 Å². The molecule has 0 bridgehead atoms. The molecule has 11 nitrogen and oxygen atoms in total. The third kappa shape index (κ3) is 6.46. The summed E-state index contributed by atoms with van der Waals surface area (Å²) >= 11 is 1.10. The standard InChI is InChI=1S/C28H26N6O5S/c1-19-2-4-21(5-3-19)27(36)33-16-14-32(15-17-33)23-12-8-22(9-13-23)29-25(35)18-40-28-31-30-26(39-28)20-6-10-24(11-7-20)34(37)38/h2-13H,14-18H2,1H3,(H,29,35). The summed E-state index contributed by atoms with van der Waals surface area (Å²) in [5.74, 6) is 0.115. The number of nitrogens with zero attached hydrogens (tertiary/aromatic N) is 5. The van der Waals surface area contributed by atoms with Crippen molar-refractivity contribution in [1.82, 2.24) is 15.1 Å². The van der Waals surface area contributed by atoms with Gasteiger partial charge in [0.2, 0.25) is 11.8 Å². The number of nitro benzene ring substituents is 1. The molecule has 0 aliphatic carbocycles. The average Bonchev–Trinajstić information content (AvgIpc) is 3.46. The number of piperazine rings is 1. The van der Waals surface area contributed by atoms with Gasteiger partial charge in [0.15, 0.2) is 0 Å². The fraction of sp³-hybridized carbons (Fsp3) is 0.214. The Morgan fingerprint density at radius 2 is 1.62 bits per heavy atom. The van der Waals surface area contributed by atoms with Crippen molar-refractivity contribution in [3.05, 3.63) is 94.0 Å². The predicted octanol–water partition coefficient (Wildman–Crippen LogP) is 4.65. The Balaban J connectivity index is 1.08. The van der Waals surface area contributed by atoms with Crippen LogP contribution in [0.15, 0.2) is 82.4 Å². The quantitative estimate of drug-likeness (QED) is 0.186. The van der Waals surface area contributed by atoms with Gasteiger partial charge < -0.3 is 19.5 Å². The summed E-state index contributed by atoms with van der Waals surface area (Å²) in [6.45, 7) is 4.74. The van der Waals surface area contributed by atoms with E-state index in [2.05, 4.69) is 20.4 Å². The van der Waals surface area contributed by atoms with E-state index in [1.807, 2.05) is 60.4 Å². The summed E-state index contributed by atoms with van der Waals surface area (Å²) < 4.78 is 5.57. The highest BCUT2D eigenvalue weighted by Crippen LogP contribution is 2.25. The Kier molecular flexibility index (Phi) is 8.06. The Morgan fingerprint density at radius 3 is 2.27 bits per heavy atom. The zero-order valence-corrected chi connectivity index (χ0v) is 22.5. The van der Waals surface area contributed by atoms with Crippen LogP contribution in [0.25, 0.3) is 11.5 Å². The number of anilines is 2. The number of carbonyl (C=O) groups excluding carboxylic acids is 2. The van der Waals surface area contributed by atoms with E-state index in [-0.39, 0.29) is 34.4 Å². The van der Waals surface area contributed by atoms with Crippen LogP contribution < -0.4 is 10.2 Å². The molecule has 1 aliphatic heterocycles. The van der Waals surface area contributed by atoms with Crippen molar-refractivity contribution in [2.24, 2.45) is 0 Å². The van der Waals surface area contributed by atoms with Gasteiger partial charge in [-0.3, -0.25) is 19.7 Å². The first kappa shape index (κ1) is 26.9. The van der Waals surface area contributed by atoms with Crippen LogP contribution >= 0.6 is 11.8 Å². The molecule has 2 amide bonds. The molecule has 4 aromatic rings. The van der Waals surface area contributed by atoms with Gasteiger partial charge in [0.25, 0.3) is 16.8 Å². The summed E-state index contributed by atoms with van der Waals surface area (Å²) in [7, 11) is 0. The molecule has 0 unspecified atom stereocenters. The second-order valence-corrected chi connectivity index (χ2v) is 10.1. The van der Waals surface area contributed by atoms with E-state index in [0.717, 1.165) is 36.1 Å². The number of non-ortho nitro benzene ring substituents is 1. The van der Waals surface area contributed by atoms with Gasteiger partial charge in [0, 0.05) is 60.8 Å². The average molecular weight is 559 g/mol. The van der Waals surface area contributed by atoms with E-state index in [0.29, 0.717) is 29.9 Å². The Bertz CT molecular complexity index is 1500. The minimum absolute atomic E-state index is 0.0319. The molecule has 5 rings (SSSR count). The fourth-order valence-electron chi connectivity index (χ4n) is 4.24. The zero-order chi connectivity index (χ0) is 28.1. The smallest absolute Gasteiger partial charge is 0.277 e. The van der Waals surface area contributed by atoms with E-state index in [1.54, 1.807) is 0 Å². The molecule has 204 valence electrons. The highest BCUT2D eigenvalue weighted by molar-refractivity contribution is 7.99. The molecule has 40 heavy (non-hydrogen) atoms. The maximum atomic E-state index is 12.8. The fourth-order valence-corrected chi connectivity index (χ4v) is 4.80. The molecule has 1 aliphatic rings. The van der Waals surface area contributed by atoms with Gasteiger partial charge >= 0.3 is 0 Å². The van der Waals surface area contributed by atoms with Crippen LogP contribution in [0.5, 0.6) is 0 Å². The topological polar surface area (TPSA) is 135 Å². The molecule has 3 aromatic carbocycles. The lowest BCUT2D eigenvalue weighted by Gasteiger charge is -2.36. The summed E-state index contributed by atoms with van der Waals surface area (Å²) in [5, 5.41) is 21.8. The van der Waals surface area contributed by atoms with Gasteiger partial charge in [-0.2, -0.15) is 0 Å². The Morgan fingerprint density at radius 1 is 0.950 bits per heavy atom. The third-order valence-corrected chi connectivity index (χ3v) is 7.26. The van der Waals surface area contributed by atoms with Crippen LogP contribution in [0.2, 0.25) is 0 Å². The largest absolute Gasteiger partial charge is 0.411 e. The number of benzene rings is 3. The van der Waals surface area contributed by atoms with E-state index >= 15 is 0 Å². The number of aryl methyl sites for hydroxylation is 1. The van der Waals surface area contributed by atoms with E-state index in [9.17, 15) is 19.7 Å². The minimum Gasteiger partial charge on any atom is -0.411 e. The molecule has 12 heteroatoms. The minimum atomic E-state index is -0.483. The van der Waals surface area contributed by atoms with Crippen molar-refractivity contribution in [1.29, 1.82) is 0 Å². The number of aromatic nitrogens is 2. The molecule has 2 heterocycles. The summed E-state index contributed by atoms with van der Waals surface area (Å²) in [6.07, 6.45) is 0. The number of amides is 2. The van der Waals surface area contributed by atoms with E-state index in [4.69, 9.17) is 4.42 Å². The maximum absolute atomic E-state index is 12.8.